The van der Waals surface area contributed by atoms with Crippen LogP contribution in [0.2, 0.25) is 0 Å². The van der Waals surface area contributed by atoms with Crippen LogP contribution < -0.4 is 0 Å². The molecule has 4 heteroatoms. The van der Waals surface area contributed by atoms with E-state index >= 15 is 0 Å². The smallest absolute Gasteiger partial charge is 0.323 e. The number of ketones is 1. The number of fused-ring (bicyclic) bond motifs is 1. The van der Waals surface area contributed by atoms with Crippen molar-refractivity contribution < 1.29 is 14.3 Å². The zero-order chi connectivity index (χ0) is 11.7. The normalized spacial score (nSPS) is 34.9. The summed E-state index contributed by atoms with van der Waals surface area (Å²) < 4.78 is 5.05. The average molecular weight is 225 g/mol. The maximum absolute atomic E-state index is 11.8. The molecule has 0 aromatic heterocycles. The quantitative estimate of drug-likeness (QED) is 0.658. The van der Waals surface area contributed by atoms with Gasteiger partial charge in [-0.15, -0.1) is 0 Å². The van der Waals surface area contributed by atoms with Crippen LogP contribution in [0.25, 0.3) is 0 Å². The molecule has 1 heterocycles. The molecule has 90 valence electrons. The number of likely N-dealkylation sites (tertiary alicyclic amines) is 1. The van der Waals surface area contributed by atoms with Crippen molar-refractivity contribution in [2.75, 3.05) is 13.7 Å². The van der Waals surface area contributed by atoms with Crippen molar-refractivity contribution >= 4 is 11.8 Å². The number of carbonyl (C=O) groups is 2. The number of ether oxygens (including phenoxy) is 1. The second-order valence-corrected chi connectivity index (χ2v) is 4.73. The van der Waals surface area contributed by atoms with E-state index in [-0.39, 0.29) is 18.1 Å². The topological polar surface area (TPSA) is 46.6 Å². The monoisotopic (exact) mass is 225 g/mol. The summed E-state index contributed by atoms with van der Waals surface area (Å²) in [5.74, 6) is 0.485. The van der Waals surface area contributed by atoms with Crippen LogP contribution in [0.15, 0.2) is 0 Å². The Bertz CT molecular complexity index is 303. The van der Waals surface area contributed by atoms with Crippen molar-refractivity contribution in [3.05, 3.63) is 0 Å². The van der Waals surface area contributed by atoms with Crippen LogP contribution in [0.4, 0.5) is 0 Å². The predicted molar refractivity (Wildman–Crippen MR) is 58.9 cm³/mol. The van der Waals surface area contributed by atoms with E-state index in [9.17, 15) is 9.59 Å². The number of hydrogen-bond donors (Lipinski definition) is 0. The molecule has 0 bridgehead atoms. The molecule has 2 aliphatic rings. The molecule has 1 aliphatic carbocycles. The average Bonchev–Trinajstić information content (AvgIpc) is 2.58. The third-order valence-corrected chi connectivity index (χ3v) is 3.79. The van der Waals surface area contributed by atoms with Gasteiger partial charge in [-0.3, -0.25) is 14.5 Å². The van der Waals surface area contributed by atoms with Gasteiger partial charge < -0.3 is 4.74 Å². The van der Waals surface area contributed by atoms with Gasteiger partial charge >= 0.3 is 5.97 Å². The number of Topliss-reactive ketones (excluding diaryl/α,β-unsaturated/α-hetero) is 1. The van der Waals surface area contributed by atoms with Crippen molar-refractivity contribution in [2.45, 2.75) is 44.7 Å². The Morgan fingerprint density at radius 1 is 1.56 bits per heavy atom. The van der Waals surface area contributed by atoms with Crippen LogP contribution in [-0.4, -0.2) is 42.4 Å². The van der Waals surface area contributed by atoms with Crippen LogP contribution in [0.5, 0.6) is 0 Å². The van der Waals surface area contributed by atoms with Gasteiger partial charge in [-0.25, -0.2) is 0 Å². The Kier molecular flexibility index (Phi) is 3.28. The van der Waals surface area contributed by atoms with Gasteiger partial charge in [-0.1, -0.05) is 0 Å². The first-order valence-electron chi connectivity index (χ1n) is 6.06. The lowest BCUT2D eigenvalue weighted by Gasteiger charge is -2.28. The van der Waals surface area contributed by atoms with Crippen LogP contribution in [0.3, 0.4) is 0 Å². The second kappa shape index (κ2) is 4.53. The highest BCUT2D eigenvalue weighted by Gasteiger charge is 2.47. The van der Waals surface area contributed by atoms with E-state index in [4.69, 9.17) is 4.74 Å². The van der Waals surface area contributed by atoms with Crippen LogP contribution in [0, 0.1) is 5.92 Å². The molecule has 1 saturated carbocycles. The molecular weight excluding hydrogens is 206 g/mol. The van der Waals surface area contributed by atoms with Crippen molar-refractivity contribution in [1.82, 2.24) is 4.90 Å². The molecule has 16 heavy (non-hydrogen) atoms. The Morgan fingerprint density at radius 3 is 2.94 bits per heavy atom. The largest absolute Gasteiger partial charge is 0.465 e. The van der Waals surface area contributed by atoms with E-state index in [1.54, 1.807) is 0 Å². The first kappa shape index (κ1) is 11.6. The van der Waals surface area contributed by atoms with Crippen molar-refractivity contribution in [1.29, 1.82) is 0 Å². The van der Waals surface area contributed by atoms with Crippen LogP contribution in [-0.2, 0) is 14.3 Å². The zero-order valence-electron chi connectivity index (χ0n) is 9.94. The SMILES string of the molecule is CCOC(=O)[C@@H]1C[C@H]2CCCC(=O)[C@H]2N1C. The van der Waals surface area contributed by atoms with E-state index in [0.717, 1.165) is 19.3 Å². The molecule has 0 spiro atoms. The Morgan fingerprint density at radius 2 is 2.31 bits per heavy atom. The van der Waals surface area contributed by atoms with E-state index in [2.05, 4.69) is 0 Å². The molecule has 4 nitrogen and oxygen atoms in total. The summed E-state index contributed by atoms with van der Waals surface area (Å²) in [7, 11) is 1.87. The minimum Gasteiger partial charge on any atom is -0.465 e. The van der Waals surface area contributed by atoms with E-state index in [1.807, 2.05) is 18.9 Å². The summed E-state index contributed by atoms with van der Waals surface area (Å²) in [5, 5.41) is 0. The lowest BCUT2D eigenvalue weighted by atomic mass is 9.84. The van der Waals surface area contributed by atoms with Gasteiger partial charge in [0.2, 0.25) is 0 Å². The molecule has 0 radical (unpaired) electrons. The number of likely N-dealkylation sites (N-methyl/N-ethyl adjacent to an activating group) is 1. The Labute approximate surface area is 95.9 Å². The Balaban J connectivity index is 2.09. The summed E-state index contributed by atoms with van der Waals surface area (Å²) in [4.78, 5) is 25.5. The summed E-state index contributed by atoms with van der Waals surface area (Å²) in [5.41, 5.74) is 0. The maximum Gasteiger partial charge on any atom is 0.323 e. The fourth-order valence-electron chi connectivity index (χ4n) is 3.06. The lowest BCUT2D eigenvalue weighted by molar-refractivity contribution is -0.148. The van der Waals surface area contributed by atoms with Crippen molar-refractivity contribution in [3.63, 3.8) is 0 Å². The van der Waals surface area contributed by atoms with Gasteiger partial charge in [0.05, 0.1) is 12.6 Å². The molecule has 1 aliphatic heterocycles. The predicted octanol–water partition coefficient (Wildman–Crippen LogP) is 0.991. The first-order valence-corrected chi connectivity index (χ1v) is 6.06. The fraction of sp³-hybridized carbons (Fsp3) is 0.833. The Hall–Kier alpha value is -0.900. The molecule has 1 saturated heterocycles. The van der Waals surface area contributed by atoms with Gasteiger partial charge in [0.25, 0.3) is 0 Å². The summed E-state index contributed by atoms with van der Waals surface area (Å²) in [6, 6.07) is -0.250. The van der Waals surface area contributed by atoms with E-state index in [1.165, 1.54) is 0 Å². The van der Waals surface area contributed by atoms with Crippen LogP contribution in [0.1, 0.15) is 32.6 Å². The number of carbonyl (C=O) groups excluding carboxylic acids is 2. The zero-order valence-corrected chi connectivity index (χ0v) is 9.94. The molecule has 0 unspecified atom stereocenters. The summed E-state index contributed by atoms with van der Waals surface area (Å²) in [6.45, 7) is 2.22. The highest BCUT2D eigenvalue weighted by Crippen LogP contribution is 2.37. The fourth-order valence-corrected chi connectivity index (χ4v) is 3.06. The third kappa shape index (κ3) is 1.86. The van der Waals surface area contributed by atoms with Crippen LogP contribution >= 0.6 is 0 Å². The number of nitrogens with zero attached hydrogens (tertiary/aromatic N) is 1. The number of esters is 1. The lowest BCUT2D eigenvalue weighted by Crippen LogP contribution is -2.44. The van der Waals surface area contributed by atoms with E-state index in [0.29, 0.717) is 24.7 Å². The third-order valence-electron chi connectivity index (χ3n) is 3.79. The van der Waals surface area contributed by atoms with Crippen molar-refractivity contribution in [2.24, 2.45) is 5.92 Å². The summed E-state index contributed by atoms with van der Waals surface area (Å²) >= 11 is 0. The highest BCUT2D eigenvalue weighted by molar-refractivity contribution is 5.87. The number of hydrogen-bond acceptors (Lipinski definition) is 4. The van der Waals surface area contributed by atoms with Gasteiger partial charge in [-0.05, 0) is 39.2 Å². The second-order valence-electron chi connectivity index (χ2n) is 4.73. The van der Waals surface area contributed by atoms with Crippen molar-refractivity contribution in [3.8, 4) is 0 Å². The van der Waals surface area contributed by atoms with Gasteiger partial charge in [0.15, 0.2) is 0 Å². The molecule has 3 atom stereocenters. The molecule has 0 aromatic carbocycles. The van der Waals surface area contributed by atoms with E-state index < -0.39 is 0 Å². The minimum absolute atomic E-state index is 0.0387. The standard InChI is InChI=1S/C12H19NO3/c1-3-16-12(15)9-7-8-5-4-6-10(14)11(8)13(9)2/h8-9,11H,3-7H2,1-2H3/t8-,9+,11+/m1/s1. The summed E-state index contributed by atoms with van der Waals surface area (Å²) in [6.07, 6.45) is 3.49. The molecule has 0 aromatic rings. The molecule has 2 fully saturated rings. The molecule has 2 rings (SSSR count). The number of rotatable bonds is 2. The maximum atomic E-state index is 11.8. The van der Waals surface area contributed by atoms with Gasteiger partial charge in [0, 0.05) is 6.42 Å². The first-order chi connectivity index (χ1) is 7.65. The van der Waals surface area contributed by atoms with Gasteiger partial charge in [-0.2, -0.15) is 0 Å². The minimum atomic E-state index is -0.211. The molecule has 0 N–H and O–H groups in total. The van der Waals surface area contributed by atoms with Gasteiger partial charge in [0.1, 0.15) is 11.8 Å². The highest BCUT2D eigenvalue weighted by atomic mass is 16.5. The molecular formula is C12H19NO3. The molecule has 0 amide bonds.